The average molecular weight is 231 g/mol. The maximum Gasteiger partial charge on any atom is 2.00 e. The Kier molecular flexibility index (Phi) is 15.0. The monoisotopic (exact) mass is 231 g/mol. The van der Waals surface area contributed by atoms with Crippen molar-refractivity contribution in [2.24, 2.45) is 0 Å². The number of nitrogens with zero attached hydrogens (tertiary/aromatic N) is 3. The Hall–Kier alpha value is -1.04. The second-order valence-electron chi connectivity index (χ2n) is 1.86. The van der Waals surface area contributed by atoms with Crippen molar-refractivity contribution < 1.29 is 21.9 Å². The number of nitrogens with two attached hydrogens (primary N) is 1. The Labute approximate surface area is 101 Å². The van der Waals surface area contributed by atoms with E-state index in [4.69, 9.17) is 5.73 Å². The van der Waals surface area contributed by atoms with Gasteiger partial charge in [-0.25, -0.2) is 15.0 Å². The first-order valence-corrected chi connectivity index (χ1v) is 2.77. The molecule has 0 amide bonds. The van der Waals surface area contributed by atoms with Crippen LogP contribution in [0.15, 0.2) is 12.7 Å². The van der Waals surface area contributed by atoms with Gasteiger partial charge in [-0.1, -0.05) is 0 Å². The summed E-state index contributed by atoms with van der Waals surface area (Å²) in [5, 5.41) is 0. The molecule has 9 nitrogen and oxygen atoms in total. The molecule has 0 bridgehead atoms. The Morgan fingerprint density at radius 2 is 1.60 bits per heavy atom. The van der Waals surface area contributed by atoms with E-state index in [9.17, 15) is 0 Å². The van der Waals surface area contributed by atoms with Crippen molar-refractivity contribution in [1.29, 1.82) is 0 Å². The molecule has 15 heavy (non-hydrogen) atoms. The number of H-pyrrole nitrogens is 1. The number of imidazole rings is 1. The molecule has 0 radical (unpaired) electrons. The van der Waals surface area contributed by atoms with Crippen LogP contribution < -0.4 is 5.73 Å². The summed E-state index contributed by atoms with van der Waals surface area (Å²) < 4.78 is 0. The minimum Gasteiger partial charge on any atom is -0.412 e. The summed E-state index contributed by atoms with van der Waals surface area (Å²) >= 11 is 0. The van der Waals surface area contributed by atoms with Crippen LogP contribution in [-0.2, 0) is 0 Å². The molecule has 2 aromatic heterocycles. The van der Waals surface area contributed by atoms with Crippen LogP contribution in [0.1, 0.15) is 0 Å². The van der Waals surface area contributed by atoms with Crippen LogP contribution in [0.3, 0.4) is 0 Å². The Morgan fingerprint density at radius 3 is 2.13 bits per heavy atom. The number of nitrogens with one attached hydrogen (secondary N) is 1. The third-order valence-corrected chi connectivity index (χ3v) is 1.25. The van der Waals surface area contributed by atoms with Crippen LogP contribution in [0.2, 0.25) is 0 Å². The van der Waals surface area contributed by atoms with Gasteiger partial charge < -0.3 is 32.6 Å². The van der Waals surface area contributed by atoms with Crippen molar-refractivity contribution in [2.75, 3.05) is 5.73 Å². The van der Waals surface area contributed by atoms with Gasteiger partial charge in [0.1, 0.15) is 11.8 Å². The maximum absolute atomic E-state index is 5.48. The molecule has 0 saturated heterocycles. The number of hydrogen-bond acceptors (Lipinski definition) is 4. The van der Waals surface area contributed by atoms with Crippen LogP contribution >= 0.6 is 0 Å². The zero-order chi connectivity index (χ0) is 6.97. The van der Waals surface area contributed by atoms with Crippen LogP contribution in [0.25, 0.3) is 11.2 Å². The summed E-state index contributed by atoms with van der Waals surface area (Å²) in [5.41, 5.74) is 6.78. The molecule has 2 rings (SSSR count). The van der Waals surface area contributed by atoms with E-state index in [1.54, 1.807) is 0 Å². The molecular formula is C5H13MgN5O4+2. The van der Waals surface area contributed by atoms with Gasteiger partial charge in [0.2, 0.25) is 0 Å². The van der Waals surface area contributed by atoms with Crippen molar-refractivity contribution >= 4 is 40.0 Å². The Morgan fingerprint density at radius 1 is 1.00 bits per heavy atom. The van der Waals surface area contributed by atoms with Crippen LogP contribution in [0, 0.1) is 0 Å². The summed E-state index contributed by atoms with van der Waals surface area (Å²) in [6.07, 6.45) is 2.92. The zero-order valence-electron chi connectivity index (χ0n) is 7.78. The van der Waals surface area contributed by atoms with Crippen LogP contribution in [0.4, 0.5) is 5.82 Å². The van der Waals surface area contributed by atoms with Gasteiger partial charge in [0.15, 0.2) is 11.5 Å². The second-order valence-corrected chi connectivity index (χ2v) is 1.86. The van der Waals surface area contributed by atoms with Gasteiger partial charge in [-0.3, -0.25) is 0 Å². The van der Waals surface area contributed by atoms with Crippen molar-refractivity contribution in [3.05, 3.63) is 12.7 Å². The number of fused-ring (bicyclic) bond motifs is 1. The number of anilines is 1. The molecule has 0 aliphatic carbocycles. The molecule has 0 aliphatic heterocycles. The molecular weight excluding hydrogens is 218 g/mol. The summed E-state index contributed by atoms with van der Waals surface area (Å²) in [4.78, 5) is 14.4. The van der Waals surface area contributed by atoms with Crippen LogP contribution in [-0.4, -0.2) is 64.9 Å². The standard InChI is InChI=1S/C5H5N5.Mg.4H2O/c6-4-3-5(9-1-7-3)10-2-8-4;;;;;/h1-2H,(H3,6,7,8,9,10);;4*1H2/q;+2;;;;. The molecule has 82 valence electrons. The second kappa shape index (κ2) is 9.51. The normalized spacial score (nSPS) is 6.93. The minimum absolute atomic E-state index is 0. The molecule has 0 unspecified atom stereocenters. The smallest absolute Gasteiger partial charge is 0.412 e. The largest absolute Gasteiger partial charge is 2.00 e. The van der Waals surface area contributed by atoms with Gasteiger partial charge in [0.05, 0.1) is 6.33 Å². The maximum atomic E-state index is 5.48. The predicted molar refractivity (Wildman–Crippen MR) is 56.3 cm³/mol. The van der Waals surface area contributed by atoms with E-state index in [-0.39, 0.29) is 45.0 Å². The Bertz CT molecular complexity index is 369. The molecule has 2 heterocycles. The zero-order valence-corrected chi connectivity index (χ0v) is 9.20. The number of aromatic nitrogens is 4. The quantitative estimate of drug-likeness (QED) is 0.438. The van der Waals surface area contributed by atoms with E-state index in [1.165, 1.54) is 12.7 Å². The van der Waals surface area contributed by atoms with Gasteiger partial charge in [0.25, 0.3) is 0 Å². The fourth-order valence-electron chi connectivity index (χ4n) is 0.784. The third-order valence-electron chi connectivity index (χ3n) is 1.25. The molecule has 0 aromatic carbocycles. The van der Waals surface area contributed by atoms with E-state index >= 15 is 0 Å². The average Bonchev–Trinajstić information content (AvgIpc) is 2.36. The molecule has 0 saturated carbocycles. The molecule has 10 heteroatoms. The van der Waals surface area contributed by atoms with E-state index in [1.807, 2.05) is 0 Å². The Balaban J connectivity index is -0.000000121. The number of nitrogen functional groups attached to an aromatic ring is 1. The van der Waals surface area contributed by atoms with Crippen molar-refractivity contribution in [1.82, 2.24) is 19.9 Å². The first kappa shape index (κ1) is 23.6. The van der Waals surface area contributed by atoms with Gasteiger partial charge >= 0.3 is 23.1 Å². The summed E-state index contributed by atoms with van der Waals surface area (Å²) in [6, 6.07) is 0. The fourth-order valence-corrected chi connectivity index (χ4v) is 0.784. The fraction of sp³-hybridized carbons (Fsp3) is 0. The number of aromatic amines is 1. The molecule has 0 atom stereocenters. The molecule has 0 aliphatic rings. The SMILES string of the molecule is Nc1ncnc2nc[nH]c12.O.O.O.O.[Mg+2]. The molecule has 2 aromatic rings. The van der Waals surface area contributed by atoms with E-state index in [0.29, 0.717) is 17.0 Å². The van der Waals surface area contributed by atoms with E-state index < -0.39 is 0 Å². The van der Waals surface area contributed by atoms with Crippen molar-refractivity contribution in [3.63, 3.8) is 0 Å². The summed E-state index contributed by atoms with van der Waals surface area (Å²) in [5.74, 6) is 0.433. The third kappa shape index (κ3) is 4.33. The minimum atomic E-state index is 0. The number of hydrogen-bond donors (Lipinski definition) is 2. The number of rotatable bonds is 0. The van der Waals surface area contributed by atoms with E-state index in [0.717, 1.165) is 0 Å². The van der Waals surface area contributed by atoms with Gasteiger partial charge in [-0.05, 0) is 0 Å². The topological polar surface area (TPSA) is 206 Å². The van der Waals surface area contributed by atoms with Crippen LogP contribution in [0.5, 0.6) is 0 Å². The molecule has 11 N–H and O–H groups in total. The van der Waals surface area contributed by atoms with E-state index in [2.05, 4.69) is 19.9 Å². The van der Waals surface area contributed by atoms with Gasteiger partial charge in [0, 0.05) is 0 Å². The molecule has 0 spiro atoms. The first-order chi connectivity index (χ1) is 4.88. The summed E-state index contributed by atoms with van der Waals surface area (Å²) in [7, 11) is 0. The van der Waals surface area contributed by atoms with Gasteiger partial charge in [-0.15, -0.1) is 0 Å². The first-order valence-electron chi connectivity index (χ1n) is 2.77. The van der Waals surface area contributed by atoms with Gasteiger partial charge in [-0.2, -0.15) is 0 Å². The van der Waals surface area contributed by atoms with Crippen molar-refractivity contribution in [3.8, 4) is 0 Å². The van der Waals surface area contributed by atoms with Crippen molar-refractivity contribution in [2.45, 2.75) is 0 Å². The summed E-state index contributed by atoms with van der Waals surface area (Å²) in [6.45, 7) is 0. The molecule has 0 fully saturated rings. The predicted octanol–water partition coefficient (Wildman–Crippen LogP) is -3.74.